The molecule has 156 valence electrons. The molecule has 0 atom stereocenters. The van der Waals surface area contributed by atoms with Gasteiger partial charge in [0, 0.05) is 44.2 Å². The van der Waals surface area contributed by atoms with E-state index < -0.39 is 11.9 Å². The summed E-state index contributed by atoms with van der Waals surface area (Å²) in [4.78, 5) is 24.4. The number of hydrogen-bond donors (Lipinski definition) is 2. The van der Waals surface area contributed by atoms with Crippen molar-refractivity contribution in [3.8, 4) is 0 Å². The third kappa shape index (κ3) is 8.23. The van der Waals surface area contributed by atoms with Crippen molar-refractivity contribution in [1.29, 1.82) is 0 Å². The molecule has 2 aromatic carbocycles. The number of halogens is 1. The smallest absolute Gasteiger partial charge is 0.414 e. The molecule has 1 aliphatic rings. The maximum Gasteiger partial charge on any atom is 0.414 e. The quantitative estimate of drug-likeness (QED) is 0.568. The summed E-state index contributed by atoms with van der Waals surface area (Å²) in [6.45, 7) is 6.08. The van der Waals surface area contributed by atoms with E-state index in [1.807, 2.05) is 6.07 Å². The molecular formula is C21H25FN2O4S. The van der Waals surface area contributed by atoms with E-state index in [1.54, 1.807) is 23.9 Å². The summed E-state index contributed by atoms with van der Waals surface area (Å²) in [6.07, 6.45) is 2.10. The number of rotatable bonds is 5. The lowest BCUT2D eigenvalue weighted by Gasteiger charge is -2.34. The normalized spacial score (nSPS) is 14.7. The molecule has 0 radical (unpaired) electrons. The zero-order valence-electron chi connectivity index (χ0n) is 16.3. The fourth-order valence-electron chi connectivity index (χ4n) is 2.99. The van der Waals surface area contributed by atoms with Crippen LogP contribution in [0.1, 0.15) is 11.1 Å². The van der Waals surface area contributed by atoms with E-state index in [2.05, 4.69) is 40.3 Å². The highest BCUT2D eigenvalue weighted by Crippen LogP contribution is 2.17. The minimum atomic E-state index is -1.82. The first-order valence-electron chi connectivity index (χ1n) is 9.15. The first-order chi connectivity index (χ1) is 13.9. The van der Waals surface area contributed by atoms with Crippen LogP contribution in [0.25, 0.3) is 0 Å². The van der Waals surface area contributed by atoms with Crippen molar-refractivity contribution in [2.45, 2.75) is 18.0 Å². The van der Waals surface area contributed by atoms with Gasteiger partial charge < -0.3 is 10.2 Å². The molecule has 2 aromatic rings. The molecule has 0 aromatic heterocycles. The summed E-state index contributed by atoms with van der Waals surface area (Å²) in [6, 6.07) is 15.8. The number of piperazine rings is 1. The van der Waals surface area contributed by atoms with Gasteiger partial charge in [0.2, 0.25) is 0 Å². The monoisotopic (exact) mass is 420 g/mol. The molecule has 1 saturated heterocycles. The van der Waals surface area contributed by atoms with Gasteiger partial charge in [-0.1, -0.05) is 24.3 Å². The number of carboxylic acids is 2. The van der Waals surface area contributed by atoms with Gasteiger partial charge in [-0.3, -0.25) is 9.80 Å². The molecule has 0 saturated carbocycles. The van der Waals surface area contributed by atoms with Crippen LogP contribution < -0.4 is 0 Å². The third-order valence-corrected chi connectivity index (χ3v) is 5.25. The third-order valence-electron chi connectivity index (χ3n) is 4.51. The molecule has 1 heterocycles. The SMILES string of the molecule is CSc1ccc(CN2CCN(Cc3cccc(F)c3)CC2)cc1.O=C(O)C(=O)O. The average Bonchev–Trinajstić information content (AvgIpc) is 2.70. The molecule has 0 aliphatic carbocycles. The Balaban J connectivity index is 0.000000438. The van der Waals surface area contributed by atoms with E-state index >= 15 is 0 Å². The minimum Gasteiger partial charge on any atom is -0.473 e. The Kier molecular flexibility index (Phi) is 9.11. The molecule has 8 heteroatoms. The lowest BCUT2D eigenvalue weighted by molar-refractivity contribution is -0.159. The summed E-state index contributed by atoms with van der Waals surface area (Å²) in [7, 11) is 0. The van der Waals surface area contributed by atoms with Gasteiger partial charge in [0.15, 0.2) is 0 Å². The van der Waals surface area contributed by atoms with E-state index in [4.69, 9.17) is 19.8 Å². The molecule has 0 unspecified atom stereocenters. The molecule has 29 heavy (non-hydrogen) atoms. The van der Waals surface area contributed by atoms with Crippen LogP contribution in [0, 0.1) is 5.82 Å². The Morgan fingerprint density at radius 3 is 1.86 bits per heavy atom. The summed E-state index contributed by atoms with van der Waals surface area (Å²) in [5.41, 5.74) is 2.44. The Morgan fingerprint density at radius 1 is 0.897 bits per heavy atom. The fraction of sp³-hybridized carbons (Fsp3) is 0.333. The number of thioether (sulfide) groups is 1. The zero-order chi connectivity index (χ0) is 21.2. The van der Waals surface area contributed by atoms with Gasteiger partial charge in [0.1, 0.15) is 5.82 Å². The first kappa shape index (κ1) is 22.9. The first-order valence-corrected chi connectivity index (χ1v) is 10.4. The van der Waals surface area contributed by atoms with Crippen molar-refractivity contribution >= 4 is 23.7 Å². The van der Waals surface area contributed by atoms with E-state index in [-0.39, 0.29) is 5.82 Å². The maximum absolute atomic E-state index is 13.3. The standard InChI is InChI=1S/C19H23FN2S.C2H2O4/c1-23-19-7-5-16(6-8-19)14-21-9-11-22(12-10-21)15-17-3-2-4-18(20)13-17;3-1(4)2(5)6/h2-8,13H,9-12,14-15H2,1H3;(H,3,4)(H,5,6). The summed E-state index contributed by atoms with van der Waals surface area (Å²) in [5, 5.41) is 14.8. The van der Waals surface area contributed by atoms with Gasteiger partial charge in [-0.2, -0.15) is 0 Å². The molecule has 1 aliphatic heterocycles. The van der Waals surface area contributed by atoms with Gasteiger partial charge in [-0.15, -0.1) is 11.8 Å². The Morgan fingerprint density at radius 2 is 1.41 bits per heavy atom. The number of aliphatic carboxylic acids is 2. The van der Waals surface area contributed by atoms with Crippen LogP contribution in [0.5, 0.6) is 0 Å². The molecule has 0 amide bonds. The number of nitrogens with zero attached hydrogens (tertiary/aromatic N) is 2. The predicted molar refractivity (Wildman–Crippen MR) is 110 cm³/mol. The van der Waals surface area contributed by atoms with Crippen molar-refractivity contribution in [1.82, 2.24) is 9.80 Å². The Bertz CT molecular complexity index is 797. The second-order valence-corrected chi connectivity index (χ2v) is 7.52. The molecule has 0 spiro atoms. The Hall–Kier alpha value is -2.42. The topological polar surface area (TPSA) is 81.1 Å². The molecule has 1 fully saturated rings. The van der Waals surface area contributed by atoms with Gasteiger partial charge in [0.25, 0.3) is 0 Å². The average molecular weight is 421 g/mol. The summed E-state index contributed by atoms with van der Waals surface area (Å²) < 4.78 is 13.3. The summed E-state index contributed by atoms with van der Waals surface area (Å²) >= 11 is 1.78. The lowest BCUT2D eigenvalue weighted by atomic mass is 10.1. The van der Waals surface area contributed by atoms with Crippen molar-refractivity contribution in [3.05, 3.63) is 65.5 Å². The predicted octanol–water partition coefficient (Wildman–Crippen LogP) is 3.02. The van der Waals surface area contributed by atoms with E-state index in [9.17, 15) is 4.39 Å². The van der Waals surface area contributed by atoms with Gasteiger partial charge in [0.05, 0.1) is 0 Å². The highest BCUT2D eigenvalue weighted by molar-refractivity contribution is 7.98. The number of hydrogen-bond acceptors (Lipinski definition) is 5. The van der Waals surface area contributed by atoms with Crippen molar-refractivity contribution in [3.63, 3.8) is 0 Å². The Labute approximate surface area is 173 Å². The molecule has 3 rings (SSSR count). The van der Waals surface area contributed by atoms with E-state index in [0.717, 1.165) is 44.8 Å². The molecule has 2 N–H and O–H groups in total. The minimum absolute atomic E-state index is 0.144. The van der Waals surface area contributed by atoms with Crippen molar-refractivity contribution in [2.75, 3.05) is 32.4 Å². The summed E-state index contributed by atoms with van der Waals surface area (Å²) in [5.74, 6) is -3.79. The fourth-order valence-corrected chi connectivity index (χ4v) is 3.40. The largest absolute Gasteiger partial charge is 0.473 e. The second kappa shape index (κ2) is 11.5. The van der Waals surface area contributed by atoms with Gasteiger partial charge >= 0.3 is 11.9 Å². The number of benzene rings is 2. The zero-order valence-corrected chi connectivity index (χ0v) is 17.1. The van der Waals surface area contributed by atoms with E-state index in [0.29, 0.717) is 0 Å². The van der Waals surface area contributed by atoms with Crippen LogP contribution in [0.4, 0.5) is 4.39 Å². The van der Waals surface area contributed by atoms with Crippen LogP contribution in [0.15, 0.2) is 53.4 Å². The van der Waals surface area contributed by atoms with Crippen LogP contribution in [-0.4, -0.2) is 64.4 Å². The number of carboxylic acid groups (broad SMARTS) is 2. The maximum atomic E-state index is 13.3. The van der Waals surface area contributed by atoms with E-state index in [1.165, 1.54) is 16.5 Å². The molecule has 6 nitrogen and oxygen atoms in total. The molecule has 0 bridgehead atoms. The van der Waals surface area contributed by atoms with Gasteiger partial charge in [-0.25, -0.2) is 14.0 Å². The van der Waals surface area contributed by atoms with Gasteiger partial charge in [-0.05, 0) is 41.6 Å². The number of carbonyl (C=O) groups is 2. The molecular weight excluding hydrogens is 395 g/mol. The van der Waals surface area contributed by atoms with Crippen molar-refractivity contribution in [2.24, 2.45) is 0 Å². The van der Waals surface area contributed by atoms with Crippen LogP contribution in [0.2, 0.25) is 0 Å². The van der Waals surface area contributed by atoms with Crippen LogP contribution in [-0.2, 0) is 22.7 Å². The van der Waals surface area contributed by atoms with Crippen LogP contribution in [0.3, 0.4) is 0 Å². The highest BCUT2D eigenvalue weighted by atomic mass is 32.2. The van der Waals surface area contributed by atoms with Crippen LogP contribution >= 0.6 is 11.8 Å². The van der Waals surface area contributed by atoms with Crippen molar-refractivity contribution < 1.29 is 24.2 Å². The second-order valence-electron chi connectivity index (χ2n) is 6.64. The highest BCUT2D eigenvalue weighted by Gasteiger charge is 2.17. The lowest BCUT2D eigenvalue weighted by Crippen LogP contribution is -2.45.